The van der Waals surface area contributed by atoms with Gasteiger partial charge in [-0.15, -0.1) is 11.8 Å². The van der Waals surface area contributed by atoms with Gasteiger partial charge in [-0.3, -0.25) is 10.1 Å². The first kappa shape index (κ1) is 12.4. The highest BCUT2D eigenvalue weighted by Gasteiger charge is 2.17. The van der Waals surface area contributed by atoms with Crippen LogP contribution in [0.15, 0.2) is 11.2 Å². The second-order valence-corrected chi connectivity index (χ2v) is 4.76. The highest BCUT2D eigenvalue weighted by molar-refractivity contribution is 8.03. The molecule has 0 radical (unpaired) electrons. The van der Waals surface area contributed by atoms with Crippen LogP contribution in [0.4, 0.5) is 0 Å². The summed E-state index contributed by atoms with van der Waals surface area (Å²) < 4.78 is 0. The average molecular weight is 230 g/mol. The van der Waals surface area contributed by atoms with Gasteiger partial charge in [-0.1, -0.05) is 19.8 Å². The molecule has 0 aromatic carbocycles. The maximum atomic E-state index is 10.4. The van der Waals surface area contributed by atoms with Gasteiger partial charge in [0.15, 0.2) is 0 Å². The summed E-state index contributed by atoms with van der Waals surface area (Å²) in [5, 5.41) is 11.3. The van der Waals surface area contributed by atoms with E-state index in [4.69, 9.17) is 0 Å². The van der Waals surface area contributed by atoms with Crippen molar-refractivity contribution in [3.05, 3.63) is 21.3 Å². The lowest BCUT2D eigenvalue weighted by atomic mass is 10.2. The van der Waals surface area contributed by atoms with Crippen LogP contribution < -0.4 is 0 Å². The number of thioether (sulfide) groups is 1. The third-order valence-electron chi connectivity index (χ3n) is 2.38. The van der Waals surface area contributed by atoms with Crippen molar-refractivity contribution in [2.45, 2.75) is 32.6 Å². The fraction of sp³-hybridized carbons (Fsp3) is 0.800. The zero-order valence-corrected chi connectivity index (χ0v) is 9.96. The molecule has 0 aromatic rings. The summed E-state index contributed by atoms with van der Waals surface area (Å²) in [5.74, 6) is 1.00. The second kappa shape index (κ2) is 6.71. The van der Waals surface area contributed by atoms with Crippen molar-refractivity contribution in [1.82, 2.24) is 4.90 Å². The molecule has 5 heteroatoms. The van der Waals surface area contributed by atoms with E-state index in [0.29, 0.717) is 0 Å². The van der Waals surface area contributed by atoms with Crippen LogP contribution in [0.25, 0.3) is 0 Å². The quantitative estimate of drug-likeness (QED) is 0.414. The van der Waals surface area contributed by atoms with Crippen LogP contribution in [0.3, 0.4) is 0 Å². The van der Waals surface area contributed by atoms with Crippen LogP contribution in [0.2, 0.25) is 0 Å². The first-order chi connectivity index (χ1) is 7.24. The van der Waals surface area contributed by atoms with Gasteiger partial charge in [0.25, 0.3) is 6.20 Å². The van der Waals surface area contributed by atoms with Gasteiger partial charge in [0.05, 0.1) is 4.92 Å². The molecule has 0 unspecified atom stereocenters. The van der Waals surface area contributed by atoms with Gasteiger partial charge in [0.2, 0.25) is 0 Å². The van der Waals surface area contributed by atoms with Crippen molar-refractivity contribution < 1.29 is 4.92 Å². The second-order valence-electron chi connectivity index (χ2n) is 3.65. The van der Waals surface area contributed by atoms with Crippen molar-refractivity contribution in [1.29, 1.82) is 0 Å². The van der Waals surface area contributed by atoms with Crippen LogP contribution in [-0.4, -0.2) is 28.7 Å². The van der Waals surface area contributed by atoms with E-state index < -0.39 is 0 Å². The number of unbranched alkanes of at least 4 members (excludes halogenated alkanes) is 2. The minimum Gasteiger partial charge on any atom is -0.361 e. The molecule has 1 fully saturated rings. The molecular formula is C10H18N2O2S. The lowest BCUT2D eigenvalue weighted by molar-refractivity contribution is -0.403. The Balaban J connectivity index is 2.46. The molecule has 86 valence electrons. The molecule has 1 saturated heterocycles. The first-order valence-corrected chi connectivity index (χ1v) is 6.45. The molecular weight excluding hydrogens is 212 g/mol. The third-order valence-corrected chi connectivity index (χ3v) is 3.53. The van der Waals surface area contributed by atoms with E-state index in [0.717, 1.165) is 42.9 Å². The molecule has 0 amide bonds. The Labute approximate surface area is 94.9 Å². The molecule has 0 aromatic heterocycles. The molecule has 4 nitrogen and oxygen atoms in total. The molecule has 0 saturated carbocycles. The zero-order valence-electron chi connectivity index (χ0n) is 9.15. The van der Waals surface area contributed by atoms with Gasteiger partial charge < -0.3 is 4.90 Å². The Morgan fingerprint density at radius 1 is 1.60 bits per heavy atom. The summed E-state index contributed by atoms with van der Waals surface area (Å²) in [6.07, 6.45) is 5.80. The number of nitrogens with zero attached hydrogens (tertiary/aromatic N) is 2. The molecule has 0 spiro atoms. The van der Waals surface area contributed by atoms with Crippen molar-refractivity contribution in [3.8, 4) is 0 Å². The Morgan fingerprint density at radius 2 is 2.40 bits per heavy atom. The van der Waals surface area contributed by atoms with Crippen LogP contribution in [-0.2, 0) is 0 Å². The lowest BCUT2D eigenvalue weighted by Crippen LogP contribution is -2.28. The Kier molecular flexibility index (Phi) is 5.53. The van der Waals surface area contributed by atoms with E-state index in [1.807, 2.05) is 0 Å². The van der Waals surface area contributed by atoms with E-state index in [-0.39, 0.29) is 4.92 Å². The van der Waals surface area contributed by atoms with E-state index >= 15 is 0 Å². The van der Waals surface area contributed by atoms with Crippen molar-refractivity contribution in [2.75, 3.05) is 18.8 Å². The largest absolute Gasteiger partial charge is 0.361 e. The maximum Gasteiger partial charge on any atom is 0.264 e. The third kappa shape index (κ3) is 4.55. The van der Waals surface area contributed by atoms with Crippen LogP contribution >= 0.6 is 11.8 Å². The molecule has 0 bridgehead atoms. The van der Waals surface area contributed by atoms with Crippen molar-refractivity contribution >= 4 is 11.8 Å². The zero-order chi connectivity index (χ0) is 11.1. The normalized spacial score (nSPS) is 19.5. The van der Waals surface area contributed by atoms with Crippen LogP contribution in [0.1, 0.15) is 32.6 Å². The number of hydrogen-bond acceptors (Lipinski definition) is 4. The smallest absolute Gasteiger partial charge is 0.264 e. The van der Waals surface area contributed by atoms with E-state index in [1.165, 1.54) is 12.8 Å². The molecule has 15 heavy (non-hydrogen) atoms. The average Bonchev–Trinajstić information content (AvgIpc) is 2.20. The summed E-state index contributed by atoms with van der Waals surface area (Å²) in [6.45, 7) is 4.09. The number of nitro groups is 1. The fourth-order valence-electron chi connectivity index (χ4n) is 1.62. The SMILES string of the molecule is CCCCCN1CCCSC1=C[N+](=O)[O-]. The van der Waals surface area contributed by atoms with E-state index in [2.05, 4.69) is 11.8 Å². The monoisotopic (exact) mass is 230 g/mol. The standard InChI is InChI=1S/C10H18N2O2S/c1-2-3-4-6-11-7-5-8-15-10(11)9-12(13)14/h9H,2-8H2,1H3. The molecule has 1 aliphatic rings. The topological polar surface area (TPSA) is 46.4 Å². The van der Waals surface area contributed by atoms with Gasteiger partial charge in [-0.2, -0.15) is 0 Å². The predicted octanol–water partition coefficient (Wildman–Crippen LogP) is 2.69. The van der Waals surface area contributed by atoms with Gasteiger partial charge in [0.1, 0.15) is 5.03 Å². The summed E-state index contributed by atoms with van der Waals surface area (Å²) in [5.41, 5.74) is 0. The number of hydrogen-bond donors (Lipinski definition) is 0. The van der Waals surface area contributed by atoms with Gasteiger partial charge >= 0.3 is 0 Å². The fourth-order valence-corrected chi connectivity index (χ4v) is 2.63. The van der Waals surface area contributed by atoms with Gasteiger partial charge in [-0.25, -0.2) is 0 Å². The summed E-state index contributed by atoms with van der Waals surface area (Å²) >= 11 is 1.60. The summed E-state index contributed by atoms with van der Waals surface area (Å²) in [4.78, 5) is 12.2. The van der Waals surface area contributed by atoms with Crippen molar-refractivity contribution in [3.63, 3.8) is 0 Å². The maximum absolute atomic E-state index is 10.4. The first-order valence-electron chi connectivity index (χ1n) is 5.47. The Morgan fingerprint density at radius 3 is 3.07 bits per heavy atom. The van der Waals surface area contributed by atoms with E-state index in [1.54, 1.807) is 11.8 Å². The highest BCUT2D eigenvalue weighted by atomic mass is 32.2. The molecule has 0 atom stereocenters. The lowest BCUT2D eigenvalue weighted by Gasteiger charge is -2.29. The Hall–Kier alpha value is -0.710. The predicted molar refractivity (Wildman–Crippen MR) is 63.3 cm³/mol. The minimum absolute atomic E-state index is 0.347. The number of rotatable bonds is 5. The summed E-state index contributed by atoms with van der Waals surface area (Å²) in [6, 6.07) is 0. The molecule has 0 N–H and O–H groups in total. The van der Waals surface area contributed by atoms with Crippen LogP contribution in [0, 0.1) is 10.1 Å². The minimum atomic E-state index is -0.347. The van der Waals surface area contributed by atoms with Crippen LogP contribution in [0.5, 0.6) is 0 Å². The van der Waals surface area contributed by atoms with E-state index in [9.17, 15) is 10.1 Å². The molecule has 1 heterocycles. The molecule has 1 aliphatic heterocycles. The molecule has 1 rings (SSSR count). The van der Waals surface area contributed by atoms with Crippen molar-refractivity contribution in [2.24, 2.45) is 0 Å². The molecule has 0 aliphatic carbocycles. The van der Waals surface area contributed by atoms with Gasteiger partial charge in [-0.05, 0) is 12.8 Å². The highest BCUT2D eigenvalue weighted by Crippen LogP contribution is 2.26. The Bertz CT molecular complexity index is 244. The summed E-state index contributed by atoms with van der Waals surface area (Å²) in [7, 11) is 0. The van der Waals surface area contributed by atoms with Gasteiger partial charge in [0, 0.05) is 18.8 Å².